The molecule has 0 saturated heterocycles. The van der Waals surface area contributed by atoms with E-state index in [9.17, 15) is 4.79 Å². The average Bonchev–Trinajstić information content (AvgIpc) is 3.17. The van der Waals surface area contributed by atoms with Crippen molar-refractivity contribution in [2.45, 2.75) is 45.7 Å². The van der Waals surface area contributed by atoms with Gasteiger partial charge in [0.05, 0.1) is 29.6 Å². The Morgan fingerprint density at radius 3 is 2.74 bits per heavy atom. The molecule has 0 aromatic carbocycles. The van der Waals surface area contributed by atoms with Gasteiger partial charge in [-0.3, -0.25) is 9.48 Å². The standard InChI is InChI=1S/C13H19N5O/c1-9-13(15)10(2)18(16-9)8-12(19)17(7-3-6-14)11-4-5-11/h11H,3-5,7-8,15H2,1-2H3. The van der Waals surface area contributed by atoms with Crippen LogP contribution in [0.3, 0.4) is 0 Å². The van der Waals surface area contributed by atoms with Crippen LogP contribution < -0.4 is 5.73 Å². The van der Waals surface area contributed by atoms with Crippen LogP contribution >= 0.6 is 0 Å². The summed E-state index contributed by atoms with van der Waals surface area (Å²) in [5, 5.41) is 12.9. The van der Waals surface area contributed by atoms with E-state index < -0.39 is 0 Å². The molecule has 0 unspecified atom stereocenters. The number of anilines is 1. The average molecular weight is 261 g/mol. The van der Waals surface area contributed by atoms with Crippen molar-refractivity contribution in [3.63, 3.8) is 0 Å². The van der Waals surface area contributed by atoms with E-state index in [4.69, 9.17) is 11.0 Å². The molecule has 0 aliphatic heterocycles. The number of hydrogen-bond donors (Lipinski definition) is 1. The first-order valence-corrected chi connectivity index (χ1v) is 6.50. The zero-order valence-corrected chi connectivity index (χ0v) is 11.4. The molecule has 1 saturated carbocycles. The number of hydrogen-bond acceptors (Lipinski definition) is 4. The summed E-state index contributed by atoms with van der Waals surface area (Å²) in [6.45, 7) is 4.40. The van der Waals surface area contributed by atoms with Crippen molar-refractivity contribution in [3.8, 4) is 6.07 Å². The molecule has 2 N–H and O–H groups in total. The number of amides is 1. The van der Waals surface area contributed by atoms with E-state index in [1.54, 1.807) is 9.58 Å². The highest BCUT2D eigenvalue weighted by Crippen LogP contribution is 2.27. The SMILES string of the molecule is Cc1nn(CC(=O)N(CCC#N)C2CC2)c(C)c1N. The van der Waals surface area contributed by atoms with Crippen LogP contribution in [-0.4, -0.2) is 33.2 Å². The number of aromatic nitrogens is 2. The lowest BCUT2D eigenvalue weighted by molar-refractivity contribution is -0.132. The summed E-state index contributed by atoms with van der Waals surface area (Å²) < 4.78 is 1.65. The van der Waals surface area contributed by atoms with E-state index in [-0.39, 0.29) is 12.5 Å². The van der Waals surface area contributed by atoms with Gasteiger partial charge in [-0.05, 0) is 26.7 Å². The Hall–Kier alpha value is -2.03. The molecule has 1 heterocycles. The van der Waals surface area contributed by atoms with Crippen molar-refractivity contribution < 1.29 is 4.79 Å². The number of carbonyl (C=O) groups is 1. The largest absolute Gasteiger partial charge is 0.396 e. The minimum Gasteiger partial charge on any atom is -0.396 e. The van der Waals surface area contributed by atoms with Gasteiger partial charge in [-0.2, -0.15) is 10.4 Å². The molecule has 1 fully saturated rings. The molecular formula is C13H19N5O. The van der Waals surface area contributed by atoms with Gasteiger partial charge in [0.25, 0.3) is 0 Å². The van der Waals surface area contributed by atoms with Crippen molar-refractivity contribution in [2.75, 3.05) is 12.3 Å². The first-order valence-electron chi connectivity index (χ1n) is 6.50. The van der Waals surface area contributed by atoms with E-state index in [0.717, 1.165) is 24.2 Å². The molecule has 1 amide bonds. The van der Waals surface area contributed by atoms with Crippen LogP contribution in [-0.2, 0) is 11.3 Å². The Morgan fingerprint density at radius 2 is 2.26 bits per heavy atom. The first-order chi connectivity index (χ1) is 9.04. The number of nitrogens with zero attached hydrogens (tertiary/aromatic N) is 4. The number of carbonyl (C=O) groups excluding carboxylic acids is 1. The van der Waals surface area contributed by atoms with Gasteiger partial charge in [-0.15, -0.1) is 0 Å². The Morgan fingerprint density at radius 1 is 1.58 bits per heavy atom. The molecule has 0 radical (unpaired) electrons. The van der Waals surface area contributed by atoms with E-state index in [1.165, 1.54) is 0 Å². The van der Waals surface area contributed by atoms with Crippen molar-refractivity contribution in [2.24, 2.45) is 0 Å². The van der Waals surface area contributed by atoms with Gasteiger partial charge in [0.1, 0.15) is 6.54 Å². The lowest BCUT2D eigenvalue weighted by atomic mass is 10.3. The molecule has 0 bridgehead atoms. The monoisotopic (exact) mass is 261 g/mol. The lowest BCUT2D eigenvalue weighted by Gasteiger charge is -2.21. The second kappa shape index (κ2) is 5.31. The summed E-state index contributed by atoms with van der Waals surface area (Å²) in [7, 11) is 0. The van der Waals surface area contributed by atoms with Crippen LogP contribution in [0.5, 0.6) is 0 Å². The van der Waals surface area contributed by atoms with Gasteiger partial charge in [0.2, 0.25) is 5.91 Å². The third-order valence-electron chi connectivity index (χ3n) is 3.49. The molecule has 2 rings (SSSR count). The van der Waals surface area contributed by atoms with Crippen LogP contribution in [0.2, 0.25) is 0 Å². The Bertz CT molecular complexity index is 524. The van der Waals surface area contributed by atoms with E-state index in [1.807, 2.05) is 13.8 Å². The Kier molecular flexibility index (Phi) is 3.74. The van der Waals surface area contributed by atoms with Crippen molar-refractivity contribution in [3.05, 3.63) is 11.4 Å². The fourth-order valence-corrected chi connectivity index (χ4v) is 2.15. The smallest absolute Gasteiger partial charge is 0.244 e. The molecule has 0 spiro atoms. The third-order valence-corrected chi connectivity index (χ3v) is 3.49. The number of nitrogen functional groups attached to an aromatic ring is 1. The molecule has 0 atom stereocenters. The summed E-state index contributed by atoms with van der Waals surface area (Å²) >= 11 is 0. The molecule has 6 nitrogen and oxygen atoms in total. The molecule has 6 heteroatoms. The summed E-state index contributed by atoms with van der Waals surface area (Å²) in [6, 6.07) is 2.40. The van der Waals surface area contributed by atoms with E-state index in [2.05, 4.69) is 11.2 Å². The zero-order valence-electron chi connectivity index (χ0n) is 11.4. The first kappa shape index (κ1) is 13.4. The Labute approximate surface area is 112 Å². The number of rotatable bonds is 5. The summed E-state index contributed by atoms with van der Waals surface area (Å²) in [4.78, 5) is 14.1. The predicted molar refractivity (Wildman–Crippen MR) is 71.1 cm³/mol. The summed E-state index contributed by atoms with van der Waals surface area (Å²) in [5.74, 6) is 0.0170. The minimum atomic E-state index is 0.0170. The summed E-state index contributed by atoms with van der Waals surface area (Å²) in [5.41, 5.74) is 8.07. The molecule has 1 aromatic rings. The highest BCUT2D eigenvalue weighted by molar-refractivity contribution is 5.77. The zero-order chi connectivity index (χ0) is 14.0. The predicted octanol–water partition coefficient (Wildman–Crippen LogP) is 0.987. The van der Waals surface area contributed by atoms with Gasteiger partial charge in [0, 0.05) is 12.6 Å². The minimum absolute atomic E-state index is 0.0170. The van der Waals surface area contributed by atoms with Crippen LogP contribution in [0.15, 0.2) is 0 Å². The van der Waals surface area contributed by atoms with Crippen molar-refractivity contribution in [1.82, 2.24) is 14.7 Å². The van der Waals surface area contributed by atoms with E-state index in [0.29, 0.717) is 24.7 Å². The quantitative estimate of drug-likeness (QED) is 0.856. The highest BCUT2D eigenvalue weighted by atomic mass is 16.2. The van der Waals surface area contributed by atoms with Gasteiger partial charge in [0.15, 0.2) is 0 Å². The van der Waals surface area contributed by atoms with Gasteiger partial charge >= 0.3 is 0 Å². The summed E-state index contributed by atoms with van der Waals surface area (Å²) in [6.07, 6.45) is 2.45. The van der Waals surface area contributed by atoms with Gasteiger partial charge in [-0.1, -0.05) is 0 Å². The third kappa shape index (κ3) is 2.87. The molecule has 1 aliphatic carbocycles. The topological polar surface area (TPSA) is 87.9 Å². The van der Waals surface area contributed by atoms with Gasteiger partial charge < -0.3 is 10.6 Å². The molecule has 1 aromatic heterocycles. The second-order valence-electron chi connectivity index (χ2n) is 4.97. The number of nitrogens with two attached hydrogens (primary N) is 1. The Balaban J connectivity index is 2.06. The normalized spacial score (nSPS) is 14.2. The number of aryl methyl sites for hydroxylation is 1. The highest BCUT2D eigenvalue weighted by Gasteiger charge is 2.32. The van der Waals surface area contributed by atoms with Crippen LogP contribution in [0, 0.1) is 25.2 Å². The van der Waals surface area contributed by atoms with E-state index >= 15 is 0 Å². The van der Waals surface area contributed by atoms with Crippen molar-refractivity contribution in [1.29, 1.82) is 5.26 Å². The molecular weight excluding hydrogens is 242 g/mol. The molecule has 19 heavy (non-hydrogen) atoms. The molecule has 1 aliphatic rings. The van der Waals surface area contributed by atoms with Gasteiger partial charge in [-0.25, -0.2) is 0 Å². The maximum Gasteiger partial charge on any atom is 0.244 e. The lowest BCUT2D eigenvalue weighted by Crippen LogP contribution is -2.36. The fourth-order valence-electron chi connectivity index (χ4n) is 2.15. The maximum atomic E-state index is 12.3. The van der Waals surface area contributed by atoms with Crippen LogP contribution in [0.25, 0.3) is 0 Å². The van der Waals surface area contributed by atoms with Crippen molar-refractivity contribution >= 4 is 11.6 Å². The molecule has 102 valence electrons. The fraction of sp³-hybridized carbons (Fsp3) is 0.615. The number of nitriles is 1. The van der Waals surface area contributed by atoms with Crippen LogP contribution in [0.1, 0.15) is 30.7 Å². The second-order valence-corrected chi connectivity index (χ2v) is 4.97. The van der Waals surface area contributed by atoms with Crippen LogP contribution in [0.4, 0.5) is 5.69 Å². The maximum absolute atomic E-state index is 12.3.